The van der Waals surface area contributed by atoms with E-state index in [2.05, 4.69) is 10.2 Å². The molecule has 60 valence electrons. The average molecular weight is 154 g/mol. The Morgan fingerprint density at radius 1 is 1.64 bits per heavy atom. The number of aromatic nitrogens is 2. The Hall–Kier alpha value is -1.00. The minimum atomic E-state index is -0.601. The molecule has 0 radical (unpaired) electrons. The molecule has 0 saturated carbocycles. The maximum absolute atomic E-state index is 9.33. The van der Waals surface area contributed by atoms with Crippen LogP contribution in [0.1, 0.15) is 11.7 Å². The molecule has 11 heavy (non-hydrogen) atoms. The summed E-state index contributed by atoms with van der Waals surface area (Å²) >= 11 is 0. The third-order valence-corrected chi connectivity index (χ3v) is 1.32. The van der Waals surface area contributed by atoms with E-state index < -0.39 is 6.10 Å². The van der Waals surface area contributed by atoms with Crippen LogP contribution in [0, 0.1) is 0 Å². The highest BCUT2D eigenvalue weighted by Gasteiger charge is 2.05. The standard InChI is InChI=1S/C7H10N2O2/c1-11-5-7(10)6-2-3-8-9-4-6/h2-4,7,10H,5H2,1H3. The number of ether oxygens (including phenoxy) is 1. The van der Waals surface area contributed by atoms with Crippen LogP contribution in [0.2, 0.25) is 0 Å². The quantitative estimate of drug-likeness (QED) is 0.673. The molecule has 1 unspecified atom stereocenters. The van der Waals surface area contributed by atoms with Gasteiger partial charge in [-0.15, -0.1) is 0 Å². The van der Waals surface area contributed by atoms with E-state index in [1.165, 1.54) is 19.5 Å². The fourth-order valence-electron chi connectivity index (χ4n) is 0.752. The van der Waals surface area contributed by atoms with Crippen LogP contribution >= 0.6 is 0 Å². The van der Waals surface area contributed by atoms with Gasteiger partial charge >= 0.3 is 0 Å². The van der Waals surface area contributed by atoms with Gasteiger partial charge in [-0.05, 0) is 6.07 Å². The fourth-order valence-corrected chi connectivity index (χ4v) is 0.752. The first-order valence-electron chi connectivity index (χ1n) is 3.28. The lowest BCUT2D eigenvalue weighted by molar-refractivity contribution is 0.0641. The predicted octanol–water partition coefficient (Wildman–Crippen LogP) is 0.156. The Morgan fingerprint density at radius 2 is 2.45 bits per heavy atom. The SMILES string of the molecule is COCC(O)c1ccnnc1. The van der Waals surface area contributed by atoms with Crippen LogP contribution in [0.5, 0.6) is 0 Å². The largest absolute Gasteiger partial charge is 0.386 e. The van der Waals surface area contributed by atoms with E-state index in [1.807, 2.05) is 0 Å². The number of aliphatic hydroxyl groups excluding tert-OH is 1. The van der Waals surface area contributed by atoms with Gasteiger partial charge in [0.15, 0.2) is 0 Å². The van der Waals surface area contributed by atoms with Gasteiger partial charge in [-0.1, -0.05) is 0 Å². The summed E-state index contributed by atoms with van der Waals surface area (Å²) in [7, 11) is 1.54. The zero-order valence-electron chi connectivity index (χ0n) is 6.27. The van der Waals surface area contributed by atoms with E-state index in [9.17, 15) is 5.11 Å². The molecule has 4 heteroatoms. The fraction of sp³-hybridized carbons (Fsp3) is 0.429. The zero-order valence-corrected chi connectivity index (χ0v) is 6.27. The summed E-state index contributed by atoms with van der Waals surface area (Å²) < 4.78 is 4.76. The van der Waals surface area contributed by atoms with Crippen LogP contribution in [-0.2, 0) is 4.74 Å². The Bertz CT molecular complexity index is 203. The normalized spacial score (nSPS) is 12.9. The predicted molar refractivity (Wildman–Crippen MR) is 38.9 cm³/mol. The average Bonchev–Trinajstić information content (AvgIpc) is 2.07. The smallest absolute Gasteiger partial charge is 0.104 e. The molecule has 0 aromatic carbocycles. The van der Waals surface area contributed by atoms with Crippen molar-refractivity contribution in [2.45, 2.75) is 6.10 Å². The molecule has 0 aliphatic heterocycles. The summed E-state index contributed by atoms with van der Waals surface area (Å²) in [4.78, 5) is 0. The van der Waals surface area contributed by atoms with Crippen molar-refractivity contribution in [3.05, 3.63) is 24.0 Å². The Balaban J connectivity index is 2.61. The van der Waals surface area contributed by atoms with Gasteiger partial charge in [0.05, 0.1) is 12.8 Å². The molecule has 0 amide bonds. The van der Waals surface area contributed by atoms with Crippen LogP contribution < -0.4 is 0 Å². The molecule has 1 atom stereocenters. The number of methoxy groups -OCH3 is 1. The summed E-state index contributed by atoms with van der Waals surface area (Å²) in [6, 6.07) is 1.71. The van der Waals surface area contributed by atoms with Gasteiger partial charge in [0.25, 0.3) is 0 Å². The molecule has 1 heterocycles. The summed E-state index contributed by atoms with van der Waals surface area (Å²) in [5.74, 6) is 0. The number of aliphatic hydroxyl groups is 1. The van der Waals surface area contributed by atoms with Crippen LogP contribution in [0.15, 0.2) is 18.5 Å². The van der Waals surface area contributed by atoms with Crippen molar-refractivity contribution >= 4 is 0 Å². The first kappa shape index (κ1) is 8.10. The molecule has 1 N–H and O–H groups in total. The van der Waals surface area contributed by atoms with Gasteiger partial charge in [0, 0.05) is 18.9 Å². The van der Waals surface area contributed by atoms with E-state index in [0.29, 0.717) is 0 Å². The summed E-state index contributed by atoms with van der Waals surface area (Å²) in [6.45, 7) is 0.283. The molecular weight excluding hydrogens is 144 g/mol. The maximum Gasteiger partial charge on any atom is 0.104 e. The summed E-state index contributed by atoms with van der Waals surface area (Å²) in [6.07, 6.45) is 2.45. The van der Waals surface area contributed by atoms with Crippen molar-refractivity contribution in [1.82, 2.24) is 10.2 Å². The number of hydrogen-bond acceptors (Lipinski definition) is 4. The molecule has 0 bridgehead atoms. The number of nitrogens with zero attached hydrogens (tertiary/aromatic N) is 2. The van der Waals surface area contributed by atoms with E-state index in [0.717, 1.165) is 5.56 Å². The van der Waals surface area contributed by atoms with Crippen molar-refractivity contribution in [2.75, 3.05) is 13.7 Å². The Kier molecular flexibility index (Phi) is 2.95. The Labute approximate surface area is 64.8 Å². The van der Waals surface area contributed by atoms with E-state index >= 15 is 0 Å². The van der Waals surface area contributed by atoms with Gasteiger partial charge in [-0.25, -0.2) is 0 Å². The third kappa shape index (κ3) is 2.25. The van der Waals surface area contributed by atoms with Gasteiger partial charge in [-0.2, -0.15) is 10.2 Å². The van der Waals surface area contributed by atoms with Gasteiger partial charge in [-0.3, -0.25) is 0 Å². The van der Waals surface area contributed by atoms with Crippen LogP contribution in [0.25, 0.3) is 0 Å². The van der Waals surface area contributed by atoms with Crippen molar-refractivity contribution < 1.29 is 9.84 Å². The van der Waals surface area contributed by atoms with Crippen molar-refractivity contribution in [3.63, 3.8) is 0 Å². The Morgan fingerprint density at radius 3 is 3.00 bits per heavy atom. The van der Waals surface area contributed by atoms with Gasteiger partial charge < -0.3 is 9.84 Å². The van der Waals surface area contributed by atoms with Crippen LogP contribution in [0.4, 0.5) is 0 Å². The van der Waals surface area contributed by atoms with E-state index in [4.69, 9.17) is 4.74 Å². The molecule has 1 aromatic rings. The molecule has 0 aliphatic carbocycles. The third-order valence-electron chi connectivity index (χ3n) is 1.32. The van der Waals surface area contributed by atoms with Crippen molar-refractivity contribution in [1.29, 1.82) is 0 Å². The van der Waals surface area contributed by atoms with E-state index in [-0.39, 0.29) is 6.61 Å². The minimum absolute atomic E-state index is 0.283. The lowest BCUT2D eigenvalue weighted by Crippen LogP contribution is -2.05. The molecule has 0 fully saturated rings. The molecule has 4 nitrogen and oxygen atoms in total. The second-order valence-electron chi connectivity index (χ2n) is 2.15. The highest BCUT2D eigenvalue weighted by Crippen LogP contribution is 2.08. The van der Waals surface area contributed by atoms with E-state index in [1.54, 1.807) is 6.07 Å². The highest BCUT2D eigenvalue weighted by atomic mass is 16.5. The molecule has 1 aromatic heterocycles. The summed E-state index contributed by atoms with van der Waals surface area (Å²) in [5.41, 5.74) is 0.724. The monoisotopic (exact) mass is 154 g/mol. The van der Waals surface area contributed by atoms with Crippen LogP contribution in [0.3, 0.4) is 0 Å². The molecule has 0 saturated heterocycles. The maximum atomic E-state index is 9.33. The lowest BCUT2D eigenvalue weighted by atomic mass is 10.2. The minimum Gasteiger partial charge on any atom is -0.386 e. The molecule has 0 aliphatic rings. The number of hydrogen-bond donors (Lipinski definition) is 1. The highest BCUT2D eigenvalue weighted by molar-refractivity contribution is 5.08. The van der Waals surface area contributed by atoms with Crippen LogP contribution in [-0.4, -0.2) is 29.0 Å². The molecular formula is C7H10N2O2. The second kappa shape index (κ2) is 4.00. The second-order valence-corrected chi connectivity index (χ2v) is 2.15. The molecule has 0 spiro atoms. The van der Waals surface area contributed by atoms with Gasteiger partial charge in [0.1, 0.15) is 6.10 Å². The topological polar surface area (TPSA) is 55.2 Å². The van der Waals surface area contributed by atoms with Crippen molar-refractivity contribution in [2.24, 2.45) is 0 Å². The summed E-state index contributed by atoms with van der Waals surface area (Å²) in [5, 5.41) is 16.5. The van der Waals surface area contributed by atoms with Gasteiger partial charge in [0.2, 0.25) is 0 Å². The lowest BCUT2D eigenvalue weighted by Gasteiger charge is -2.07. The molecule has 1 rings (SSSR count). The van der Waals surface area contributed by atoms with Crippen molar-refractivity contribution in [3.8, 4) is 0 Å². The first-order chi connectivity index (χ1) is 5.34. The number of rotatable bonds is 3. The zero-order chi connectivity index (χ0) is 8.10. The first-order valence-corrected chi connectivity index (χ1v) is 3.28.